The molecule has 3 N–H and O–H groups in total. The van der Waals surface area contributed by atoms with Crippen LogP contribution in [-0.2, 0) is 10.5 Å². The lowest BCUT2D eigenvalue weighted by Crippen LogP contribution is -2.54. The number of nitrogens with zero attached hydrogens (tertiary/aromatic N) is 5. The molecule has 0 unspecified atom stereocenters. The first-order valence-corrected chi connectivity index (χ1v) is 12.0. The van der Waals surface area contributed by atoms with Gasteiger partial charge in [-0.1, -0.05) is 13.0 Å². The normalized spacial score (nSPS) is 21.8. The van der Waals surface area contributed by atoms with Crippen LogP contribution in [0, 0.1) is 25.1 Å². The molecule has 1 aliphatic carbocycles. The highest BCUT2D eigenvalue weighted by Crippen LogP contribution is 2.56. The van der Waals surface area contributed by atoms with Gasteiger partial charge < -0.3 is 10.6 Å². The van der Waals surface area contributed by atoms with Gasteiger partial charge in [0.05, 0.1) is 29.5 Å². The molecule has 0 spiro atoms. The molecular formula is C26H28F2N8O. The number of aromatic nitrogens is 6. The van der Waals surface area contributed by atoms with Gasteiger partial charge >= 0.3 is 0 Å². The van der Waals surface area contributed by atoms with Gasteiger partial charge in [0.25, 0.3) is 0 Å². The second-order valence-corrected chi connectivity index (χ2v) is 10.1. The molecule has 9 nitrogen and oxygen atoms in total. The van der Waals surface area contributed by atoms with E-state index < -0.39 is 16.9 Å². The van der Waals surface area contributed by atoms with E-state index in [1.165, 1.54) is 10.9 Å². The van der Waals surface area contributed by atoms with Crippen LogP contribution in [0.15, 0.2) is 48.9 Å². The van der Waals surface area contributed by atoms with Crippen molar-refractivity contribution in [3.63, 3.8) is 0 Å². The summed E-state index contributed by atoms with van der Waals surface area (Å²) in [6.45, 7) is 7.37. The van der Waals surface area contributed by atoms with E-state index in [4.69, 9.17) is 0 Å². The summed E-state index contributed by atoms with van der Waals surface area (Å²) in [6, 6.07) is 8.52. The Hall–Kier alpha value is -4.15. The molecule has 4 aromatic heterocycles. The summed E-state index contributed by atoms with van der Waals surface area (Å²) in [6.07, 6.45) is 3.99. The molecular weight excluding hydrogens is 478 g/mol. The number of amides is 1. The Morgan fingerprint density at radius 1 is 1.16 bits per heavy atom. The molecule has 1 atom stereocenters. The molecule has 4 aromatic rings. The minimum Gasteiger partial charge on any atom is -0.349 e. The number of pyridine rings is 2. The highest BCUT2D eigenvalue weighted by Gasteiger charge is 2.58. The van der Waals surface area contributed by atoms with E-state index in [1.54, 1.807) is 31.3 Å². The largest absolute Gasteiger partial charge is 0.349 e. The molecule has 5 rings (SSSR count). The van der Waals surface area contributed by atoms with Gasteiger partial charge in [-0.3, -0.25) is 9.89 Å². The molecule has 0 radical (unpaired) electrons. The van der Waals surface area contributed by atoms with Crippen LogP contribution >= 0.6 is 0 Å². The molecule has 0 saturated heterocycles. The highest BCUT2D eigenvalue weighted by molar-refractivity contribution is 5.84. The van der Waals surface area contributed by atoms with E-state index in [-0.39, 0.29) is 24.8 Å². The Bertz CT molecular complexity index is 1440. The Morgan fingerprint density at radius 2 is 1.95 bits per heavy atom. The molecule has 1 saturated carbocycles. The minimum absolute atomic E-state index is 0.0258. The van der Waals surface area contributed by atoms with Crippen LogP contribution in [0.1, 0.15) is 55.2 Å². The number of aromatic amines is 1. The number of alkyl halides is 1. The van der Waals surface area contributed by atoms with E-state index in [0.717, 1.165) is 23.0 Å². The molecule has 4 heterocycles. The smallest absolute Gasteiger partial charge is 0.226 e. The number of nitrogens with one attached hydrogen (secondary N) is 3. The number of anilines is 2. The lowest BCUT2D eigenvalue weighted by molar-refractivity contribution is -0.149. The molecule has 1 aliphatic rings. The van der Waals surface area contributed by atoms with Crippen molar-refractivity contribution in [1.29, 1.82) is 0 Å². The summed E-state index contributed by atoms with van der Waals surface area (Å²) in [7, 11) is 0. The van der Waals surface area contributed by atoms with Gasteiger partial charge in [-0.2, -0.15) is 10.2 Å². The second-order valence-electron chi connectivity index (χ2n) is 10.1. The van der Waals surface area contributed by atoms with Crippen molar-refractivity contribution in [2.45, 2.75) is 52.2 Å². The maximum atomic E-state index is 15.9. The van der Waals surface area contributed by atoms with E-state index in [2.05, 4.69) is 35.9 Å². The molecule has 1 fully saturated rings. The summed E-state index contributed by atoms with van der Waals surface area (Å²) in [5.74, 6) is 0.871. The van der Waals surface area contributed by atoms with Crippen molar-refractivity contribution < 1.29 is 13.6 Å². The van der Waals surface area contributed by atoms with Crippen molar-refractivity contribution in [2.75, 3.05) is 5.32 Å². The third-order valence-electron chi connectivity index (χ3n) is 6.68. The minimum atomic E-state index is -1.71. The predicted molar refractivity (Wildman–Crippen MR) is 134 cm³/mol. The number of hydrogen-bond acceptors (Lipinski definition) is 6. The number of carbonyl (C=O) groups is 1. The zero-order chi connectivity index (χ0) is 26.4. The molecule has 0 aliphatic heterocycles. The summed E-state index contributed by atoms with van der Waals surface area (Å²) in [5.41, 5.74) is 0.242. The fourth-order valence-corrected chi connectivity index (χ4v) is 4.77. The third-order valence-corrected chi connectivity index (χ3v) is 6.68. The van der Waals surface area contributed by atoms with Gasteiger partial charge in [0.15, 0.2) is 23.1 Å². The first kappa shape index (κ1) is 24.5. The number of hydrogen-bond donors (Lipinski definition) is 3. The van der Waals surface area contributed by atoms with Crippen LogP contribution in [0.3, 0.4) is 0 Å². The fraction of sp³-hybridized carbons (Fsp3) is 0.346. The average molecular weight is 507 g/mol. The van der Waals surface area contributed by atoms with Crippen LogP contribution in [0.25, 0.3) is 5.82 Å². The van der Waals surface area contributed by atoms with E-state index in [0.29, 0.717) is 23.1 Å². The van der Waals surface area contributed by atoms with Gasteiger partial charge in [-0.25, -0.2) is 23.4 Å². The van der Waals surface area contributed by atoms with Crippen LogP contribution in [0.2, 0.25) is 0 Å². The first-order valence-electron chi connectivity index (χ1n) is 12.0. The number of rotatable bonds is 7. The predicted octanol–water partition coefficient (Wildman–Crippen LogP) is 4.73. The Balaban J connectivity index is 1.24. The Labute approximate surface area is 212 Å². The fourth-order valence-electron chi connectivity index (χ4n) is 4.77. The van der Waals surface area contributed by atoms with Gasteiger partial charge in [0.2, 0.25) is 5.91 Å². The molecule has 11 heteroatoms. The van der Waals surface area contributed by atoms with Crippen molar-refractivity contribution in [2.24, 2.45) is 5.41 Å². The highest BCUT2D eigenvalue weighted by atomic mass is 19.1. The summed E-state index contributed by atoms with van der Waals surface area (Å²) >= 11 is 0. The SMILES string of the molecule is Cc1cc(Nc2cc(C)[nH]n2)nc(C2(F)CC(C)(C(=O)N[C@@H](C)c3ccc(-n4cc(F)cn4)nc3)C2)c1. The van der Waals surface area contributed by atoms with Crippen LogP contribution in [0.4, 0.5) is 20.4 Å². The van der Waals surface area contributed by atoms with Gasteiger partial charge in [-0.15, -0.1) is 0 Å². The quantitative estimate of drug-likeness (QED) is 0.334. The zero-order valence-corrected chi connectivity index (χ0v) is 21.0. The Morgan fingerprint density at radius 3 is 2.57 bits per heavy atom. The van der Waals surface area contributed by atoms with Crippen molar-refractivity contribution >= 4 is 17.5 Å². The monoisotopic (exact) mass is 506 g/mol. The first-order chi connectivity index (χ1) is 17.5. The number of H-pyrrole nitrogens is 1. The average Bonchev–Trinajstić information content (AvgIpc) is 3.45. The van der Waals surface area contributed by atoms with Crippen molar-refractivity contribution in [1.82, 2.24) is 35.3 Å². The number of carbonyl (C=O) groups excluding carboxylic acids is 1. The van der Waals surface area contributed by atoms with Gasteiger partial charge in [0.1, 0.15) is 5.82 Å². The van der Waals surface area contributed by atoms with Crippen LogP contribution in [0.5, 0.6) is 0 Å². The van der Waals surface area contributed by atoms with E-state index in [1.807, 2.05) is 32.9 Å². The maximum Gasteiger partial charge on any atom is 0.226 e. The molecule has 1 amide bonds. The van der Waals surface area contributed by atoms with Crippen LogP contribution < -0.4 is 10.6 Å². The third kappa shape index (κ3) is 4.93. The molecule has 0 aromatic carbocycles. The number of halogens is 2. The lowest BCUT2D eigenvalue weighted by Gasteiger charge is -2.48. The number of aryl methyl sites for hydroxylation is 2. The van der Waals surface area contributed by atoms with Gasteiger partial charge in [0, 0.05) is 30.8 Å². The van der Waals surface area contributed by atoms with Crippen molar-refractivity contribution in [3.8, 4) is 5.82 Å². The summed E-state index contributed by atoms with van der Waals surface area (Å²) < 4.78 is 30.5. The topological polar surface area (TPSA) is 113 Å². The maximum absolute atomic E-state index is 15.9. The Kier molecular flexibility index (Phi) is 6.01. The molecule has 37 heavy (non-hydrogen) atoms. The lowest BCUT2D eigenvalue weighted by atomic mass is 9.59. The molecule has 192 valence electrons. The second kappa shape index (κ2) is 9.06. The zero-order valence-electron chi connectivity index (χ0n) is 21.0. The van der Waals surface area contributed by atoms with Gasteiger partial charge in [-0.05, 0) is 50.1 Å². The summed E-state index contributed by atoms with van der Waals surface area (Å²) in [5, 5.41) is 17.0. The van der Waals surface area contributed by atoms with E-state index in [9.17, 15) is 9.18 Å². The standard InChI is InChI=1S/C26H28F2N8O/c1-15-7-20(32-21(8-15)33-22-9-16(2)34-35-22)26(28)13-25(4,14-26)24(37)31-17(3)18-5-6-23(29-10-18)36-12-19(27)11-30-36/h5-12,17H,13-14H2,1-4H3,(H,31,37)(H2,32,33,34,35)/t17-,25?,26?/m0/s1. The van der Waals surface area contributed by atoms with E-state index >= 15 is 4.39 Å². The summed E-state index contributed by atoms with van der Waals surface area (Å²) in [4.78, 5) is 21.9. The van der Waals surface area contributed by atoms with Crippen molar-refractivity contribution in [3.05, 3.63) is 77.3 Å². The molecule has 0 bridgehead atoms. The van der Waals surface area contributed by atoms with Crippen LogP contribution in [-0.4, -0.2) is 35.9 Å².